The molecule has 0 amide bonds. The first-order chi connectivity index (χ1) is 16.7. The van der Waals surface area contributed by atoms with Crippen molar-refractivity contribution in [3.63, 3.8) is 0 Å². The molecule has 0 saturated carbocycles. The van der Waals surface area contributed by atoms with Crippen molar-refractivity contribution in [1.82, 2.24) is 29.4 Å². The third-order valence-corrected chi connectivity index (χ3v) is 6.84. The number of nitrogens with zero attached hydrogens (tertiary/aromatic N) is 7. The Bertz CT molecular complexity index is 1380. The van der Waals surface area contributed by atoms with Gasteiger partial charge >= 0.3 is 0 Å². The Kier molecular flexibility index (Phi) is 5.80. The third kappa shape index (κ3) is 4.16. The number of hydrogen-bond donors (Lipinski definition) is 3. The Morgan fingerprint density at radius 3 is 2.69 bits per heavy atom. The number of benzene rings is 1. The van der Waals surface area contributed by atoms with Crippen LogP contribution >= 0.6 is 0 Å². The summed E-state index contributed by atoms with van der Waals surface area (Å²) in [4.78, 5) is 10.9. The van der Waals surface area contributed by atoms with Crippen LogP contribution in [0.4, 0.5) is 20.4 Å². The van der Waals surface area contributed by atoms with Gasteiger partial charge in [0.25, 0.3) is 0 Å². The van der Waals surface area contributed by atoms with Gasteiger partial charge in [0.1, 0.15) is 11.3 Å². The largest absolute Gasteiger partial charge is 0.396 e. The molecule has 0 spiro atoms. The van der Waals surface area contributed by atoms with Crippen molar-refractivity contribution < 1.29 is 19.0 Å². The van der Waals surface area contributed by atoms with Crippen LogP contribution in [0.15, 0.2) is 24.5 Å². The van der Waals surface area contributed by atoms with E-state index in [9.17, 15) is 19.0 Å². The summed E-state index contributed by atoms with van der Waals surface area (Å²) >= 11 is 0. The molecule has 0 unspecified atom stereocenters. The first kappa shape index (κ1) is 23.4. The van der Waals surface area contributed by atoms with Gasteiger partial charge in [-0.15, -0.1) is 5.10 Å². The lowest BCUT2D eigenvalue weighted by molar-refractivity contribution is 0.0524. The lowest BCUT2D eigenvalue weighted by Crippen LogP contribution is -2.41. The van der Waals surface area contributed by atoms with Gasteiger partial charge in [-0.25, -0.2) is 18.7 Å². The molecule has 10 nitrogen and oxygen atoms in total. The second-order valence-electron chi connectivity index (χ2n) is 9.76. The number of aromatic nitrogens is 6. The summed E-state index contributed by atoms with van der Waals surface area (Å²) in [6.07, 6.45) is 5.39. The van der Waals surface area contributed by atoms with Crippen molar-refractivity contribution in [2.75, 3.05) is 30.4 Å². The first-order valence-electron chi connectivity index (χ1n) is 11.5. The van der Waals surface area contributed by atoms with Crippen LogP contribution in [0.2, 0.25) is 0 Å². The molecule has 1 aromatic carbocycles. The Morgan fingerprint density at radius 2 is 1.94 bits per heavy atom. The zero-order valence-corrected chi connectivity index (χ0v) is 19.6. The summed E-state index contributed by atoms with van der Waals surface area (Å²) in [6.45, 7) is 4.63. The molecule has 5 rings (SSSR count). The fraction of sp³-hybridized carbons (Fsp3) is 0.478. The Balaban J connectivity index is 1.45. The predicted octanol–water partition coefficient (Wildman–Crippen LogP) is 2.10. The van der Waals surface area contributed by atoms with Crippen LogP contribution in [0.25, 0.3) is 16.6 Å². The minimum atomic E-state index is -0.799. The van der Waals surface area contributed by atoms with Gasteiger partial charge < -0.3 is 20.8 Å². The van der Waals surface area contributed by atoms with Crippen LogP contribution in [0, 0.1) is 17.0 Å². The molecular weight excluding hydrogens is 458 g/mol. The lowest BCUT2D eigenvalue weighted by Gasteiger charge is -2.37. The number of fused-ring (bicyclic) bond motifs is 3. The maximum atomic E-state index is 14.3. The highest BCUT2D eigenvalue weighted by molar-refractivity contribution is 5.92. The van der Waals surface area contributed by atoms with Crippen molar-refractivity contribution in [1.29, 1.82) is 0 Å². The van der Waals surface area contributed by atoms with Gasteiger partial charge in [0.2, 0.25) is 5.95 Å². The normalized spacial score (nSPS) is 19.2. The number of aliphatic hydroxyl groups is 2. The highest BCUT2D eigenvalue weighted by Crippen LogP contribution is 2.33. The molecule has 12 heteroatoms. The van der Waals surface area contributed by atoms with Gasteiger partial charge in [0, 0.05) is 36.2 Å². The van der Waals surface area contributed by atoms with Gasteiger partial charge in [-0.1, -0.05) is 6.92 Å². The molecule has 186 valence electrons. The Hall–Kier alpha value is -3.38. The van der Waals surface area contributed by atoms with E-state index in [4.69, 9.17) is 5.73 Å². The molecule has 4 aromatic rings. The minimum Gasteiger partial charge on any atom is -0.396 e. The van der Waals surface area contributed by atoms with Crippen molar-refractivity contribution in [2.24, 2.45) is 5.41 Å². The van der Waals surface area contributed by atoms with E-state index >= 15 is 0 Å². The SMILES string of the molecule is C[C@H]1CC[C@@H](c2nc3c4cc(F)cc(F)c4nc(N)n3n2)CN1c1cnn(CC(C)(CO)CO)c1. The average Bonchev–Trinajstić information content (AvgIpc) is 3.48. The summed E-state index contributed by atoms with van der Waals surface area (Å²) in [6, 6.07) is 2.21. The van der Waals surface area contributed by atoms with Crippen LogP contribution in [0.1, 0.15) is 38.4 Å². The molecule has 3 aromatic heterocycles. The second-order valence-corrected chi connectivity index (χ2v) is 9.76. The summed E-state index contributed by atoms with van der Waals surface area (Å²) in [5, 5.41) is 28.4. The predicted molar refractivity (Wildman–Crippen MR) is 126 cm³/mol. The fourth-order valence-electron chi connectivity index (χ4n) is 4.65. The summed E-state index contributed by atoms with van der Waals surface area (Å²) in [5.74, 6) is -1.04. The first-order valence-corrected chi connectivity index (χ1v) is 11.5. The molecule has 1 aliphatic rings. The number of rotatable bonds is 6. The van der Waals surface area contributed by atoms with E-state index in [0.29, 0.717) is 18.9 Å². The van der Waals surface area contributed by atoms with E-state index < -0.39 is 17.0 Å². The molecule has 4 N–H and O–H groups in total. The Labute approximate surface area is 200 Å². The smallest absolute Gasteiger partial charge is 0.223 e. The van der Waals surface area contributed by atoms with Gasteiger partial charge in [-0.05, 0) is 25.8 Å². The maximum Gasteiger partial charge on any atom is 0.223 e. The lowest BCUT2D eigenvalue weighted by atomic mass is 9.92. The van der Waals surface area contributed by atoms with E-state index in [1.165, 1.54) is 10.6 Å². The van der Waals surface area contributed by atoms with Gasteiger partial charge in [-0.2, -0.15) is 9.61 Å². The summed E-state index contributed by atoms with van der Waals surface area (Å²) in [7, 11) is 0. The van der Waals surface area contributed by atoms with E-state index in [2.05, 4.69) is 32.0 Å². The third-order valence-electron chi connectivity index (χ3n) is 6.84. The van der Waals surface area contributed by atoms with E-state index in [-0.39, 0.29) is 47.7 Å². The van der Waals surface area contributed by atoms with Crippen LogP contribution in [0.5, 0.6) is 0 Å². The van der Waals surface area contributed by atoms with Crippen LogP contribution in [-0.2, 0) is 6.54 Å². The number of piperidine rings is 1. The number of anilines is 2. The van der Waals surface area contributed by atoms with Crippen LogP contribution in [0.3, 0.4) is 0 Å². The molecule has 4 heterocycles. The molecular formula is C23H28F2N8O2. The van der Waals surface area contributed by atoms with Crippen molar-refractivity contribution >= 4 is 28.2 Å². The zero-order valence-electron chi connectivity index (χ0n) is 19.6. The quantitative estimate of drug-likeness (QED) is 0.378. The number of nitrogens with two attached hydrogens (primary N) is 1. The molecule has 0 bridgehead atoms. The second kappa shape index (κ2) is 8.68. The van der Waals surface area contributed by atoms with Crippen molar-refractivity contribution in [2.45, 2.75) is 45.2 Å². The molecule has 0 aliphatic carbocycles. The molecule has 1 fully saturated rings. The Morgan fingerprint density at radius 1 is 1.17 bits per heavy atom. The minimum absolute atomic E-state index is 0.0186. The van der Waals surface area contributed by atoms with E-state index in [1.807, 2.05) is 6.20 Å². The van der Waals surface area contributed by atoms with Crippen LogP contribution < -0.4 is 10.6 Å². The molecule has 2 atom stereocenters. The van der Waals surface area contributed by atoms with Gasteiger partial charge in [0.15, 0.2) is 17.3 Å². The van der Waals surface area contributed by atoms with Gasteiger partial charge in [-0.3, -0.25) is 4.68 Å². The topological polar surface area (TPSA) is 131 Å². The van der Waals surface area contributed by atoms with Gasteiger partial charge in [0.05, 0.1) is 37.0 Å². The average molecular weight is 487 g/mol. The summed E-state index contributed by atoms with van der Waals surface area (Å²) < 4.78 is 31.3. The number of hydrogen-bond acceptors (Lipinski definition) is 8. The molecule has 0 radical (unpaired) electrons. The molecule has 1 aliphatic heterocycles. The monoisotopic (exact) mass is 486 g/mol. The molecule has 35 heavy (non-hydrogen) atoms. The molecule has 1 saturated heterocycles. The highest BCUT2D eigenvalue weighted by Gasteiger charge is 2.31. The number of aliphatic hydroxyl groups excluding tert-OH is 2. The maximum absolute atomic E-state index is 14.3. The van der Waals surface area contributed by atoms with Crippen molar-refractivity contribution in [3.8, 4) is 0 Å². The van der Waals surface area contributed by atoms with Crippen molar-refractivity contribution in [3.05, 3.63) is 42.0 Å². The van der Waals surface area contributed by atoms with E-state index in [0.717, 1.165) is 24.6 Å². The van der Waals surface area contributed by atoms with E-state index in [1.54, 1.807) is 17.8 Å². The highest BCUT2D eigenvalue weighted by atomic mass is 19.1. The fourth-order valence-corrected chi connectivity index (χ4v) is 4.65. The van der Waals surface area contributed by atoms with Crippen LogP contribution in [-0.4, -0.2) is 65.4 Å². The standard InChI is InChI=1S/C23H28F2N8O2/c1-13-3-4-14(8-32(13)16-7-27-31(9-16)10-23(2,11-34)12-35)20-29-21-17-5-15(24)6-18(25)19(17)28-22(26)33(21)30-20/h5-7,9,13-14,34-35H,3-4,8,10-12H2,1-2H3,(H2,26,28)/t13-,14+/m0/s1. The zero-order chi connectivity index (χ0) is 24.9. The number of halogens is 2. The number of nitrogen functional groups attached to an aromatic ring is 1. The summed E-state index contributed by atoms with van der Waals surface area (Å²) in [5.41, 5.74) is 6.49.